The minimum atomic E-state index is -0.771. The van der Waals surface area contributed by atoms with Crippen LogP contribution in [-0.4, -0.2) is 29.3 Å². The van der Waals surface area contributed by atoms with Gasteiger partial charge in [-0.15, -0.1) is 0 Å². The van der Waals surface area contributed by atoms with Crippen molar-refractivity contribution in [2.45, 2.75) is 38.8 Å². The van der Waals surface area contributed by atoms with Crippen molar-refractivity contribution in [2.24, 2.45) is 0 Å². The second kappa shape index (κ2) is 12.5. The van der Waals surface area contributed by atoms with E-state index in [9.17, 15) is 14.0 Å². The van der Waals surface area contributed by atoms with Crippen LogP contribution >= 0.6 is 23.2 Å². The zero-order valence-corrected chi connectivity index (χ0v) is 20.5. The van der Waals surface area contributed by atoms with Crippen molar-refractivity contribution in [2.75, 3.05) is 6.54 Å². The zero-order chi connectivity index (χ0) is 24.5. The summed E-state index contributed by atoms with van der Waals surface area (Å²) < 4.78 is 13.5. The van der Waals surface area contributed by atoms with E-state index in [1.807, 2.05) is 37.3 Å². The highest BCUT2D eigenvalue weighted by atomic mass is 35.5. The van der Waals surface area contributed by atoms with E-state index in [0.29, 0.717) is 34.1 Å². The molecule has 0 saturated heterocycles. The molecule has 0 spiro atoms. The molecule has 0 bridgehead atoms. The van der Waals surface area contributed by atoms with Gasteiger partial charge in [0.05, 0.1) is 6.42 Å². The fourth-order valence-corrected chi connectivity index (χ4v) is 4.19. The first kappa shape index (κ1) is 25.7. The first-order valence-electron chi connectivity index (χ1n) is 11.2. The average molecular weight is 501 g/mol. The predicted octanol–water partition coefficient (Wildman–Crippen LogP) is 5.84. The summed E-state index contributed by atoms with van der Waals surface area (Å²) in [4.78, 5) is 28.5. The lowest BCUT2D eigenvalue weighted by atomic mass is 10.0. The van der Waals surface area contributed by atoms with Crippen LogP contribution in [0.15, 0.2) is 72.8 Å². The fraction of sp³-hybridized carbons (Fsp3) is 0.259. The maximum atomic E-state index is 13.7. The number of carbonyl (C=O) groups excluding carboxylic acids is 2. The van der Waals surface area contributed by atoms with Gasteiger partial charge < -0.3 is 10.2 Å². The van der Waals surface area contributed by atoms with E-state index in [0.717, 1.165) is 12.0 Å². The van der Waals surface area contributed by atoms with E-state index >= 15 is 0 Å². The molecule has 4 nitrogen and oxygen atoms in total. The normalized spacial score (nSPS) is 11.6. The Labute approximate surface area is 209 Å². The molecule has 0 aliphatic rings. The average Bonchev–Trinajstić information content (AvgIpc) is 2.84. The number of nitrogens with one attached hydrogen (secondary N) is 1. The summed E-state index contributed by atoms with van der Waals surface area (Å²) >= 11 is 12.6. The standard InChI is InChI=1S/C27H27Cl2FN2O2/c1-2-15-31-27(34)25(16-19-7-4-3-5-8-19)32(18-20-11-13-21(30)14-12-20)26(33)17-22-23(28)9-6-10-24(22)29/h3-14,25H,2,15-18H2,1H3,(H,31,34)/t25-/m1/s1. The highest BCUT2D eigenvalue weighted by molar-refractivity contribution is 6.36. The first-order valence-corrected chi connectivity index (χ1v) is 11.9. The van der Waals surface area contributed by atoms with Crippen LogP contribution in [-0.2, 0) is 29.0 Å². The van der Waals surface area contributed by atoms with Gasteiger partial charge in [0.1, 0.15) is 11.9 Å². The molecule has 7 heteroatoms. The Kier molecular flexibility index (Phi) is 9.49. The molecule has 34 heavy (non-hydrogen) atoms. The number of rotatable bonds is 10. The monoisotopic (exact) mass is 500 g/mol. The number of benzene rings is 3. The summed E-state index contributed by atoms with van der Waals surface area (Å²) in [6, 6.07) is 19.7. The van der Waals surface area contributed by atoms with Crippen LogP contribution in [0.5, 0.6) is 0 Å². The van der Waals surface area contributed by atoms with Crippen molar-refractivity contribution in [1.29, 1.82) is 0 Å². The second-order valence-corrected chi connectivity index (χ2v) is 8.84. The Bertz CT molecular complexity index is 1090. The topological polar surface area (TPSA) is 49.4 Å². The van der Waals surface area contributed by atoms with E-state index in [1.165, 1.54) is 17.0 Å². The number of carbonyl (C=O) groups is 2. The Morgan fingerprint density at radius 1 is 0.912 bits per heavy atom. The van der Waals surface area contributed by atoms with Crippen molar-refractivity contribution in [1.82, 2.24) is 10.2 Å². The van der Waals surface area contributed by atoms with Crippen LogP contribution in [0.25, 0.3) is 0 Å². The molecule has 3 rings (SSSR count). The molecule has 0 fully saturated rings. The van der Waals surface area contributed by atoms with Gasteiger partial charge in [0, 0.05) is 29.6 Å². The van der Waals surface area contributed by atoms with E-state index in [-0.39, 0.29) is 30.6 Å². The molecule has 178 valence electrons. The van der Waals surface area contributed by atoms with Crippen LogP contribution in [0, 0.1) is 5.82 Å². The maximum Gasteiger partial charge on any atom is 0.243 e. The number of hydrogen-bond donors (Lipinski definition) is 1. The predicted molar refractivity (Wildman–Crippen MR) is 134 cm³/mol. The van der Waals surface area contributed by atoms with Crippen molar-refractivity contribution in [3.8, 4) is 0 Å². The van der Waals surface area contributed by atoms with Gasteiger partial charge >= 0.3 is 0 Å². The largest absolute Gasteiger partial charge is 0.354 e. The summed E-state index contributed by atoms with van der Waals surface area (Å²) in [7, 11) is 0. The molecule has 0 radical (unpaired) electrons. The van der Waals surface area contributed by atoms with Crippen LogP contribution in [0.1, 0.15) is 30.0 Å². The highest BCUT2D eigenvalue weighted by Crippen LogP contribution is 2.26. The van der Waals surface area contributed by atoms with Crippen LogP contribution < -0.4 is 5.32 Å². The summed E-state index contributed by atoms with van der Waals surface area (Å²) in [6.07, 6.45) is 1.04. The van der Waals surface area contributed by atoms with Gasteiger partial charge in [0.2, 0.25) is 11.8 Å². The molecular weight excluding hydrogens is 474 g/mol. The van der Waals surface area contributed by atoms with E-state index < -0.39 is 6.04 Å². The van der Waals surface area contributed by atoms with Gasteiger partial charge in [0.15, 0.2) is 0 Å². The first-order chi connectivity index (χ1) is 16.4. The van der Waals surface area contributed by atoms with Crippen molar-refractivity contribution < 1.29 is 14.0 Å². The summed E-state index contributed by atoms with van der Waals surface area (Å²) in [6.45, 7) is 2.60. The lowest BCUT2D eigenvalue weighted by Gasteiger charge is -2.32. The molecule has 3 aromatic carbocycles. The second-order valence-electron chi connectivity index (χ2n) is 8.02. The molecule has 0 unspecified atom stereocenters. The van der Waals surface area contributed by atoms with Gasteiger partial charge in [-0.3, -0.25) is 9.59 Å². The highest BCUT2D eigenvalue weighted by Gasteiger charge is 2.31. The zero-order valence-electron chi connectivity index (χ0n) is 18.9. The fourth-order valence-electron chi connectivity index (χ4n) is 3.66. The molecule has 0 heterocycles. The number of halogens is 3. The molecule has 1 N–H and O–H groups in total. The number of nitrogens with zero attached hydrogens (tertiary/aromatic N) is 1. The van der Waals surface area contributed by atoms with Gasteiger partial charge in [-0.2, -0.15) is 0 Å². The Hall–Kier alpha value is -2.89. The van der Waals surface area contributed by atoms with E-state index in [1.54, 1.807) is 30.3 Å². The lowest BCUT2D eigenvalue weighted by Crippen LogP contribution is -2.51. The SMILES string of the molecule is CCCNC(=O)[C@@H](Cc1ccccc1)N(Cc1ccc(F)cc1)C(=O)Cc1c(Cl)cccc1Cl. The van der Waals surface area contributed by atoms with Crippen LogP contribution in [0.2, 0.25) is 10.0 Å². The third-order valence-corrected chi connectivity index (χ3v) is 6.18. The number of hydrogen-bond acceptors (Lipinski definition) is 2. The maximum absolute atomic E-state index is 13.7. The Morgan fingerprint density at radius 3 is 2.18 bits per heavy atom. The van der Waals surface area contributed by atoms with Crippen LogP contribution in [0.4, 0.5) is 4.39 Å². The smallest absolute Gasteiger partial charge is 0.243 e. The van der Waals surface area contributed by atoms with E-state index in [4.69, 9.17) is 23.2 Å². The van der Waals surface area contributed by atoms with Crippen molar-refractivity contribution >= 4 is 35.0 Å². The Balaban J connectivity index is 1.98. The van der Waals surface area contributed by atoms with Crippen molar-refractivity contribution in [3.63, 3.8) is 0 Å². The molecule has 0 saturated carbocycles. The molecule has 0 aliphatic carbocycles. The van der Waals surface area contributed by atoms with Gasteiger partial charge in [-0.1, -0.05) is 78.7 Å². The molecular formula is C27H27Cl2FN2O2. The minimum absolute atomic E-state index is 0.0634. The molecule has 0 aromatic heterocycles. The summed E-state index contributed by atoms with van der Waals surface area (Å²) in [5.41, 5.74) is 2.14. The van der Waals surface area contributed by atoms with E-state index in [2.05, 4.69) is 5.32 Å². The summed E-state index contributed by atoms with van der Waals surface area (Å²) in [5.74, 6) is -0.913. The molecule has 2 amide bonds. The van der Waals surface area contributed by atoms with Crippen LogP contribution in [0.3, 0.4) is 0 Å². The third-order valence-electron chi connectivity index (χ3n) is 5.48. The quantitative estimate of drug-likeness (QED) is 0.380. The Morgan fingerprint density at radius 2 is 1.56 bits per heavy atom. The molecule has 1 atom stereocenters. The third kappa shape index (κ3) is 7.05. The number of amides is 2. The lowest BCUT2D eigenvalue weighted by molar-refractivity contribution is -0.140. The van der Waals surface area contributed by atoms with Gasteiger partial charge in [0.25, 0.3) is 0 Å². The van der Waals surface area contributed by atoms with Gasteiger partial charge in [-0.25, -0.2) is 4.39 Å². The minimum Gasteiger partial charge on any atom is -0.354 e. The summed E-state index contributed by atoms with van der Waals surface area (Å²) in [5, 5.41) is 3.70. The van der Waals surface area contributed by atoms with Gasteiger partial charge in [-0.05, 0) is 47.4 Å². The van der Waals surface area contributed by atoms with Crippen molar-refractivity contribution in [3.05, 3.63) is 105 Å². The molecule has 3 aromatic rings. The molecule has 0 aliphatic heterocycles.